The third kappa shape index (κ3) is 2.72. The van der Waals surface area contributed by atoms with E-state index in [1.54, 1.807) is 0 Å². The fourth-order valence-electron chi connectivity index (χ4n) is 1.24. The van der Waals surface area contributed by atoms with Crippen molar-refractivity contribution >= 4 is 17.5 Å². The summed E-state index contributed by atoms with van der Waals surface area (Å²) in [6.07, 6.45) is 2.31. The molecule has 0 aliphatic rings. The number of hydrogen-bond acceptors (Lipinski definition) is 5. The van der Waals surface area contributed by atoms with Gasteiger partial charge in [-0.15, -0.1) is 0 Å². The van der Waals surface area contributed by atoms with Crippen LogP contribution in [-0.4, -0.2) is 27.1 Å². The molecule has 1 aromatic heterocycles. The molecule has 1 unspecified atom stereocenters. The first-order valence-electron chi connectivity index (χ1n) is 4.88. The van der Waals surface area contributed by atoms with E-state index in [1.807, 2.05) is 6.92 Å². The third-order valence-electron chi connectivity index (χ3n) is 2.08. The van der Waals surface area contributed by atoms with Crippen LogP contribution in [0.4, 0.5) is 11.5 Å². The molecule has 7 heteroatoms. The first-order valence-corrected chi connectivity index (χ1v) is 4.88. The van der Waals surface area contributed by atoms with Gasteiger partial charge in [0.15, 0.2) is 5.82 Å². The SMILES string of the molecule is CCCC(Nc1nc[nH]c(=O)c1N)C(=O)O. The third-order valence-corrected chi connectivity index (χ3v) is 2.08. The van der Waals surface area contributed by atoms with Crippen LogP contribution in [0.1, 0.15) is 19.8 Å². The zero-order chi connectivity index (χ0) is 12.1. The Hall–Kier alpha value is -2.05. The summed E-state index contributed by atoms with van der Waals surface area (Å²) in [6.45, 7) is 1.87. The first kappa shape index (κ1) is 12.0. The summed E-state index contributed by atoms with van der Waals surface area (Å²) in [5, 5.41) is 11.5. The highest BCUT2D eigenvalue weighted by atomic mass is 16.4. The number of aliphatic carboxylic acids is 1. The van der Waals surface area contributed by atoms with Gasteiger partial charge >= 0.3 is 5.97 Å². The topological polar surface area (TPSA) is 121 Å². The largest absolute Gasteiger partial charge is 0.480 e. The predicted molar refractivity (Wildman–Crippen MR) is 59.2 cm³/mol. The molecule has 0 aliphatic heterocycles. The van der Waals surface area contributed by atoms with Gasteiger partial charge in [0.1, 0.15) is 11.7 Å². The molecule has 0 radical (unpaired) electrons. The number of carboxylic acids is 1. The number of nitrogens with two attached hydrogens (primary N) is 1. The summed E-state index contributed by atoms with van der Waals surface area (Å²) in [5.74, 6) is -0.895. The van der Waals surface area contributed by atoms with Crippen LogP contribution in [0.3, 0.4) is 0 Å². The molecule has 0 saturated carbocycles. The molecule has 1 rings (SSSR count). The summed E-state index contributed by atoms with van der Waals surface area (Å²) >= 11 is 0. The summed E-state index contributed by atoms with van der Waals surface area (Å²) in [5.41, 5.74) is 4.87. The Bertz CT molecular complexity index is 429. The van der Waals surface area contributed by atoms with Crippen molar-refractivity contribution in [3.63, 3.8) is 0 Å². The van der Waals surface area contributed by atoms with Crippen molar-refractivity contribution in [2.75, 3.05) is 11.1 Å². The number of carboxylic acid groups (broad SMARTS) is 1. The van der Waals surface area contributed by atoms with Crippen LogP contribution in [0.25, 0.3) is 0 Å². The number of nitrogens with zero attached hydrogens (tertiary/aromatic N) is 1. The lowest BCUT2D eigenvalue weighted by atomic mass is 10.1. The monoisotopic (exact) mass is 226 g/mol. The van der Waals surface area contributed by atoms with E-state index >= 15 is 0 Å². The van der Waals surface area contributed by atoms with Gasteiger partial charge in [-0.3, -0.25) is 4.79 Å². The second-order valence-electron chi connectivity index (χ2n) is 3.32. The first-order chi connectivity index (χ1) is 7.56. The van der Waals surface area contributed by atoms with Crippen molar-refractivity contribution in [3.05, 3.63) is 16.7 Å². The highest BCUT2D eigenvalue weighted by Gasteiger charge is 2.18. The summed E-state index contributed by atoms with van der Waals surface area (Å²) in [7, 11) is 0. The second kappa shape index (κ2) is 5.15. The van der Waals surface area contributed by atoms with Crippen molar-refractivity contribution < 1.29 is 9.90 Å². The minimum Gasteiger partial charge on any atom is -0.480 e. The second-order valence-corrected chi connectivity index (χ2v) is 3.32. The lowest BCUT2D eigenvalue weighted by Gasteiger charge is -2.14. The molecule has 7 nitrogen and oxygen atoms in total. The number of H-pyrrole nitrogens is 1. The fraction of sp³-hybridized carbons (Fsp3) is 0.444. The molecule has 1 heterocycles. The molecule has 1 atom stereocenters. The van der Waals surface area contributed by atoms with Crippen LogP contribution in [0, 0.1) is 0 Å². The zero-order valence-corrected chi connectivity index (χ0v) is 8.86. The fourth-order valence-corrected chi connectivity index (χ4v) is 1.24. The molecule has 0 saturated heterocycles. The van der Waals surface area contributed by atoms with Gasteiger partial charge < -0.3 is 21.1 Å². The van der Waals surface area contributed by atoms with Crippen LogP contribution < -0.4 is 16.6 Å². The van der Waals surface area contributed by atoms with Gasteiger partial charge in [-0.05, 0) is 6.42 Å². The molecular formula is C9H14N4O3. The van der Waals surface area contributed by atoms with E-state index in [0.717, 1.165) is 0 Å². The maximum Gasteiger partial charge on any atom is 0.326 e. The molecule has 0 bridgehead atoms. The lowest BCUT2D eigenvalue weighted by Crippen LogP contribution is -2.31. The van der Waals surface area contributed by atoms with Crippen LogP contribution in [0.2, 0.25) is 0 Å². The van der Waals surface area contributed by atoms with Crippen LogP contribution >= 0.6 is 0 Å². The summed E-state index contributed by atoms with van der Waals surface area (Å²) < 4.78 is 0. The molecule has 16 heavy (non-hydrogen) atoms. The van der Waals surface area contributed by atoms with Crippen LogP contribution in [0.15, 0.2) is 11.1 Å². The maximum absolute atomic E-state index is 11.1. The number of carbonyl (C=O) groups is 1. The Morgan fingerprint density at radius 3 is 3.00 bits per heavy atom. The predicted octanol–water partition coefficient (Wildman–Crippen LogP) is 0.0173. The Morgan fingerprint density at radius 2 is 2.44 bits per heavy atom. The minimum absolute atomic E-state index is 0.101. The molecule has 0 aliphatic carbocycles. The van der Waals surface area contributed by atoms with E-state index in [0.29, 0.717) is 12.8 Å². The summed E-state index contributed by atoms with van der Waals surface area (Å²) in [4.78, 5) is 28.1. The Morgan fingerprint density at radius 1 is 1.75 bits per heavy atom. The molecular weight excluding hydrogens is 212 g/mol. The Labute approximate surface area is 91.7 Å². The summed E-state index contributed by atoms with van der Waals surface area (Å²) in [6, 6.07) is -0.790. The van der Waals surface area contributed by atoms with Crippen LogP contribution in [0.5, 0.6) is 0 Å². The average molecular weight is 226 g/mol. The number of rotatable bonds is 5. The van der Waals surface area contributed by atoms with E-state index in [4.69, 9.17) is 10.8 Å². The molecule has 0 fully saturated rings. The standard InChI is InChI=1S/C9H14N4O3/c1-2-3-5(9(15)16)13-7-6(10)8(14)12-4-11-7/h4-5H,2-3,10H2,1H3,(H,15,16)(H2,11,12,13,14). The lowest BCUT2D eigenvalue weighted by molar-refractivity contribution is -0.138. The number of nitrogens with one attached hydrogen (secondary N) is 2. The Kier molecular flexibility index (Phi) is 3.87. The van der Waals surface area contributed by atoms with E-state index in [-0.39, 0.29) is 11.5 Å². The van der Waals surface area contributed by atoms with Gasteiger partial charge in [0, 0.05) is 0 Å². The molecule has 1 aromatic rings. The normalized spacial score (nSPS) is 12.1. The number of aromatic nitrogens is 2. The van der Waals surface area contributed by atoms with Gasteiger partial charge in [-0.25, -0.2) is 9.78 Å². The zero-order valence-electron chi connectivity index (χ0n) is 8.86. The molecule has 0 spiro atoms. The maximum atomic E-state index is 11.1. The van der Waals surface area contributed by atoms with Crippen molar-refractivity contribution in [2.24, 2.45) is 0 Å². The number of nitrogen functional groups attached to an aromatic ring is 1. The highest BCUT2D eigenvalue weighted by molar-refractivity contribution is 5.78. The van der Waals surface area contributed by atoms with Crippen molar-refractivity contribution in [1.29, 1.82) is 0 Å². The molecule has 0 amide bonds. The average Bonchev–Trinajstić information content (AvgIpc) is 2.23. The van der Waals surface area contributed by atoms with Crippen molar-refractivity contribution in [1.82, 2.24) is 9.97 Å². The van der Waals surface area contributed by atoms with Gasteiger partial charge in [0.05, 0.1) is 6.33 Å². The smallest absolute Gasteiger partial charge is 0.326 e. The Balaban J connectivity index is 2.89. The van der Waals surface area contributed by atoms with E-state index in [9.17, 15) is 9.59 Å². The van der Waals surface area contributed by atoms with Gasteiger partial charge in [-0.1, -0.05) is 13.3 Å². The number of aromatic amines is 1. The number of anilines is 2. The van der Waals surface area contributed by atoms with Gasteiger partial charge in [-0.2, -0.15) is 0 Å². The molecule has 88 valence electrons. The van der Waals surface area contributed by atoms with Gasteiger partial charge in [0.2, 0.25) is 0 Å². The van der Waals surface area contributed by atoms with Crippen molar-refractivity contribution in [2.45, 2.75) is 25.8 Å². The van der Waals surface area contributed by atoms with Crippen LogP contribution in [-0.2, 0) is 4.79 Å². The minimum atomic E-state index is -0.997. The quantitative estimate of drug-likeness (QED) is 0.561. The van der Waals surface area contributed by atoms with E-state index in [1.165, 1.54) is 6.33 Å². The highest BCUT2D eigenvalue weighted by Crippen LogP contribution is 2.11. The van der Waals surface area contributed by atoms with Gasteiger partial charge in [0.25, 0.3) is 5.56 Å². The van der Waals surface area contributed by atoms with Crippen molar-refractivity contribution in [3.8, 4) is 0 Å². The number of hydrogen-bond donors (Lipinski definition) is 4. The molecule has 5 N–H and O–H groups in total. The van der Waals surface area contributed by atoms with E-state index < -0.39 is 17.6 Å². The van der Waals surface area contributed by atoms with E-state index in [2.05, 4.69) is 15.3 Å². The molecule has 0 aromatic carbocycles.